The van der Waals surface area contributed by atoms with Crippen LogP contribution in [0.2, 0.25) is 5.02 Å². The fourth-order valence-electron chi connectivity index (χ4n) is 3.63. The van der Waals surface area contributed by atoms with Crippen molar-refractivity contribution in [2.45, 2.75) is 6.92 Å². The summed E-state index contributed by atoms with van der Waals surface area (Å²) in [6.45, 7) is 2.51. The molecule has 30 heavy (non-hydrogen) atoms. The van der Waals surface area contributed by atoms with E-state index in [0.717, 1.165) is 38.8 Å². The number of fused-ring (bicyclic) bond motifs is 3. The van der Waals surface area contributed by atoms with Crippen molar-refractivity contribution >= 4 is 33.4 Å². The van der Waals surface area contributed by atoms with Crippen LogP contribution in [-0.2, 0) is 0 Å². The Labute approximate surface area is 177 Å². The van der Waals surface area contributed by atoms with E-state index in [1.807, 2.05) is 61.7 Å². The highest BCUT2D eigenvalue weighted by molar-refractivity contribution is 6.30. The zero-order valence-corrected chi connectivity index (χ0v) is 16.9. The first-order valence-corrected chi connectivity index (χ1v) is 9.98. The second-order valence-corrected chi connectivity index (χ2v) is 7.26. The van der Waals surface area contributed by atoms with Gasteiger partial charge in [0.2, 0.25) is 0 Å². The Bertz CT molecular complexity index is 1380. The maximum absolute atomic E-state index is 13.8. The Hall–Kier alpha value is -3.44. The summed E-state index contributed by atoms with van der Waals surface area (Å²) in [5, 5.41) is 6.72. The molecule has 0 aliphatic rings. The molecule has 2 aromatic heterocycles. The van der Waals surface area contributed by atoms with E-state index in [0.29, 0.717) is 12.3 Å². The lowest BCUT2D eigenvalue weighted by Crippen LogP contribution is -1.98. The zero-order chi connectivity index (χ0) is 20.7. The molecule has 0 fully saturated rings. The van der Waals surface area contributed by atoms with Gasteiger partial charge in [0.15, 0.2) is 0 Å². The second-order valence-electron chi connectivity index (χ2n) is 6.86. The second kappa shape index (κ2) is 7.43. The molecule has 148 valence electrons. The van der Waals surface area contributed by atoms with Gasteiger partial charge >= 0.3 is 0 Å². The highest BCUT2D eigenvalue weighted by Crippen LogP contribution is 2.35. The molecule has 0 saturated carbocycles. The van der Waals surface area contributed by atoms with Gasteiger partial charge in [-0.05, 0) is 43.3 Å². The third-order valence-corrected chi connectivity index (χ3v) is 5.27. The minimum atomic E-state index is -0.467. The van der Waals surface area contributed by atoms with E-state index in [4.69, 9.17) is 21.4 Å². The quantitative estimate of drug-likeness (QED) is 0.338. The molecule has 0 bridgehead atoms. The van der Waals surface area contributed by atoms with Crippen molar-refractivity contribution in [3.63, 3.8) is 0 Å². The van der Waals surface area contributed by atoms with Gasteiger partial charge in [-0.25, -0.2) is 9.07 Å². The Balaban J connectivity index is 1.88. The van der Waals surface area contributed by atoms with Crippen molar-refractivity contribution < 1.29 is 9.13 Å². The molecule has 0 aliphatic carbocycles. The standard InChI is InChI=1S/C24H17ClFN3O/c1-2-30-17-9-11-22-18(13-17)24-19(14-27-22)23(15-6-4-3-5-7-15)28-29(24)16-8-10-21(26)20(25)12-16/h3-14H,2H2,1H3. The number of benzene rings is 3. The van der Waals surface area contributed by atoms with Crippen molar-refractivity contribution in [1.82, 2.24) is 14.8 Å². The van der Waals surface area contributed by atoms with Gasteiger partial charge in [0, 0.05) is 22.5 Å². The molecule has 0 radical (unpaired) electrons. The lowest BCUT2D eigenvalue weighted by atomic mass is 10.1. The summed E-state index contributed by atoms with van der Waals surface area (Å²) >= 11 is 6.07. The first kappa shape index (κ1) is 18.6. The van der Waals surface area contributed by atoms with Gasteiger partial charge in [-0.2, -0.15) is 5.10 Å². The fraction of sp³-hybridized carbons (Fsp3) is 0.0833. The highest BCUT2D eigenvalue weighted by atomic mass is 35.5. The van der Waals surface area contributed by atoms with E-state index in [-0.39, 0.29) is 5.02 Å². The molecule has 3 aromatic carbocycles. The lowest BCUT2D eigenvalue weighted by Gasteiger charge is -2.08. The van der Waals surface area contributed by atoms with Crippen molar-refractivity contribution in [2.24, 2.45) is 0 Å². The summed E-state index contributed by atoms with van der Waals surface area (Å²) in [5.41, 5.74) is 4.12. The molecule has 0 amide bonds. The van der Waals surface area contributed by atoms with E-state index in [1.54, 1.807) is 16.8 Å². The number of rotatable bonds is 4. The van der Waals surface area contributed by atoms with Crippen LogP contribution in [0.5, 0.6) is 5.75 Å². The van der Waals surface area contributed by atoms with Crippen LogP contribution in [0.4, 0.5) is 4.39 Å². The van der Waals surface area contributed by atoms with Gasteiger partial charge in [0.25, 0.3) is 0 Å². The molecule has 0 N–H and O–H groups in total. The number of halogens is 2. The van der Waals surface area contributed by atoms with Crippen LogP contribution in [0.15, 0.2) is 72.9 Å². The highest BCUT2D eigenvalue weighted by Gasteiger charge is 2.18. The minimum absolute atomic E-state index is 0.0470. The fourth-order valence-corrected chi connectivity index (χ4v) is 3.81. The van der Waals surface area contributed by atoms with Crippen LogP contribution >= 0.6 is 11.6 Å². The van der Waals surface area contributed by atoms with Gasteiger partial charge < -0.3 is 4.74 Å². The largest absolute Gasteiger partial charge is 0.494 e. The summed E-state index contributed by atoms with van der Waals surface area (Å²) in [6, 6.07) is 20.3. The monoisotopic (exact) mass is 417 g/mol. The first-order valence-electron chi connectivity index (χ1n) is 9.61. The molecule has 6 heteroatoms. The van der Waals surface area contributed by atoms with Crippen LogP contribution in [0.1, 0.15) is 6.92 Å². The lowest BCUT2D eigenvalue weighted by molar-refractivity contribution is 0.341. The average molecular weight is 418 g/mol. The number of pyridine rings is 1. The molecule has 2 heterocycles. The summed E-state index contributed by atoms with van der Waals surface area (Å²) in [4.78, 5) is 4.64. The van der Waals surface area contributed by atoms with Crippen molar-refractivity contribution in [1.29, 1.82) is 0 Å². The van der Waals surface area contributed by atoms with Crippen LogP contribution in [0.3, 0.4) is 0 Å². The van der Waals surface area contributed by atoms with Gasteiger partial charge in [0.1, 0.15) is 17.3 Å². The Morgan fingerprint density at radius 2 is 1.83 bits per heavy atom. The Morgan fingerprint density at radius 3 is 2.60 bits per heavy atom. The molecular weight excluding hydrogens is 401 g/mol. The third kappa shape index (κ3) is 3.08. The third-order valence-electron chi connectivity index (χ3n) is 4.98. The molecule has 5 aromatic rings. The molecule has 0 aliphatic heterocycles. The Morgan fingerprint density at radius 1 is 1.00 bits per heavy atom. The predicted molar refractivity (Wildman–Crippen MR) is 118 cm³/mol. The first-order chi connectivity index (χ1) is 14.7. The number of nitrogens with zero attached hydrogens (tertiary/aromatic N) is 3. The van der Waals surface area contributed by atoms with Crippen LogP contribution in [-0.4, -0.2) is 21.4 Å². The molecule has 0 saturated heterocycles. The van der Waals surface area contributed by atoms with Crippen LogP contribution in [0, 0.1) is 5.82 Å². The van der Waals surface area contributed by atoms with Crippen molar-refractivity contribution in [3.8, 4) is 22.7 Å². The predicted octanol–water partition coefficient (Wildman–Crippen LogP) is 6.43. The molecule has 0 atom stereocenters. The SMILES string of the molecule is CCOc1ccc2ncc3c(-c4ccccc4)nn(-c4ccc(F)c(Cl)c4)c3c2c1. The van der Waals surface area contributed by atoms with Crippen molar-refractivity contribution in [3.05, 3.63) is 83.8 Å². The summed E-state index contributed by atoms with van der Waals surface area (Å²) in [7, 11) is 0. The summed E-state index contributed by atoms with van der Waals surface area (Å²) in [5.74, 6) is 0.288. The minimum Gasteiger partial charge on any atom is -0.494 e. The van der Waals surface area contributed by atoms with E-state index in [1.165, 1.54) is 6.07 Å². The molecule has 5 rings (SSSR count). The Kier molecular flexibility index (Phi) is 4.60. The summed E-state index contributed by atoms with van der Waals surface area (Å²) in [6.07, 6.45) is 1.83. The molecule has 4 nitrogen and oxygen atoms in total. The number of hydrogen-bond donors (Lipinski definition) is 0. The van der Waals surface area contributed by atoms with Crippen LogP contribution < -0.4 is 4.74 Å². The van der Waals surface area contributed by atoms with Crippen LogP contribution in [0.25, 0.3) is 38.8 Å². The summed E-state index contributed by atoms with van der Waals surface area (Å²) < 4.78 is 21.3. The number of aromatic nitrogens is 3. The number of ether oxygens (including phenoxy) is 1. The van der Waals surface area contributed by atoms with E-state index < -0.39 is 5.82 Å². The van der Waals surface area contributed by atoms with E-state index in [9.17, 15) is 4.39 Å². The van der Waals surface area contributed by atoms with Gasteiger partial charge in [0.05, 0.1) is 28.4 Å². The maximum atomic E-state index is 13.8. The topological polar surface area (TPSA) is 39.9 Å². The van der Waals surface area contributed by atoms with Gasteiger partial charge in [-0.15, -0.1) is 0 Å². The van der Waals surface area contributed by atoms with Crippen molar-refractivity contribution in [2.75, 3.05) is 6.61 Å². The van der Waals surface area contributed by atoms with Gasteiger partial charge in [-0.1, -0.05) is 41.9 Å². The van der Waals surface area contributed by atoms with Gasteiger partial charge in [-0.3, -0.25) is 4.98 Å². The number of hydrogen-bond acceptors (Lipinski definition) is 3. The van der Waals surface area contributed by atoms with E-state index in [2.05, 4.69) is 4.98 Å². The average Bonchev–Trinajstić information content (AvgIpc) is 3.17. The smallest absolute Gasteiger partial charge is 0.141 e. The molecular formula is C24H17ClFN3O. The van der Waals surface area contributed by atoms with E-state index >= 15 is 0 Å². The normalized spacial score (nSPS) is 11.3. The maximum Gasteiger partial charge on any atom is 0.141 e. The zero-order valence-electron chi connectivity index (χ0n) is 16.1. The molecule has 0 unspecified atom stereocenters. The molecule has 0 spiro atoms.